The molecule has 118 valence electrons. The number of rotatable bonds is 4. The maximum absolute atomic E-state index is 13.6. The van der Waals surface area contributed by atoms with E-state index in [9.17, 15) is 21.6 Å². The van der Waals surface area contributed by atoms with Crippen molar-refractivity contribution in [2.45, 2.75) is 30.7 Å². The van der Waals surface area contributed by atoms with E-state index in [1.54, 1.807) is 6.92 Å². The average Bonchev–Trinajstić information content (AvgIpc) is 2.37. The third-order valence-corrected chi connectivity index (χ3v) is 5.22. The highest BCUT2D eigenvalue weighted by Gasteiger charge is 2.29. The topological polar surface area (TPSA) is 58.2 Å². The zero-order chi connectivity index (χ0) is 15.6. The van der Waals surface area contributed by atoms with Crippen LogP contribution >= 0.6 is 0 Å². The van der Waals surface area contributed by atoms with Crippen LogP contribution in [-0.2, 0) is 10.0 Å². The molecule has 1 heterocycles. The average molecular weight is 322 g/mol. The van der Waals surface area contributed by atoms with E-state index in [1.165, 1.54) is 0 Å². The van der Waals surface area contributed by atoms with Gasteiger partial charge in [-0.3, -0.25) is 0 Å². The van der Waals surface area contributed by atoms with Gasteiger partial charge < -0.3 is 5.32 Å². The predicted molar refractivity (Wildman–Crippen MR) is 71.7 cm³/mol. The van der Waals surface area contributed by atoms with Crippen molar-refractivity contribution >= 4 is 10.0 Å². The Morgan fingerprint density at radius 3 is 2.43 bits per heavy atom. The first-order valence-corrected chi connectivity index (χ1v) is 8.17. The number of hydrogen-bond donors (Lipinski definition) is 2. The van der Waals surface area contributed by atoms with Crippen LogP contribution in [0.5, 0.6) is 0 Å². The van der Waals surface area contributed by atoms with Crippen LogP contribution in [-0.4, -0.2) is 27.5 Å². The summed E-state index contributed by atoms with van der Waals surface area (Å²) in [6.45, 7) is 3.16. The summed E-state index contributed by atoms with van der Waals surface area (Å²) in [7, 11) is -4.38. The van der Waals surface area contributed by atoms with Gasteiger partial charge in [0.15, 0.2) is 4.90 Å². The van der Waals surface area contributed by atoms with Gasteiger partial charge in [-0.2, -0.15) is 0 Å². The minimum Gasteiger partial charge on any atom is -0.316 e. The molecule has 0 spiro atoms. The third-order valence-electron chi connectivity index (χ3n) is 3.61. The van der Waals surface area contributed by atoms with Crippen LogP contribution in [0.4, 0.5) is 13.2 Å². The summed E-state index contributed by atoms with van der Waals surface area (Å²) in [6, 6.07) is 0.223. The fraction of sp³-hybridized carbons (Fsp3) is 0.538. The van der Waals surface area contributed by atoms with Crippen LogP contribution in [0.15, 0.2) is 17.0 Å². The van der Waals surface area contributed by atoms with Gasteiger partial charge in [-0.15, -0.1) is 0 Å². The number of halogens is 3. The number of nitrogens with one attached hydrogen (secondary N) is 2. The minimum absolute atomic E-state index is 0.0418. The first kappa shape index (κ1) is 16.3. The molecule has 2 unspecified atom stereocenters. The summed E-state index contributed by atoms with van der Waals surface area (Å²) >= 11 is 0. The molecular weight excluding hydrogens is 305 g/mol. The van der Waals surface area contributed by atoms with Crippen molar-refractivity contribution in [3.8, 4) is 0 Å². The van der Waals surface area contributed by atoms with E-state index < -0.39 is 38.4 Å². The summed E-state index contributed by atoms with van der Waals surface area (Å²) in [5.74, 6) is -3.99. The van der Waals surface area contributed by atoms with Crippen molar-refractivity contribution < 1.29 is 21.6 Å². The fourth-order valence-electron chi connectivity index (χ4n) is 2.49. The Bertz CT molecular complexity index is 593. The van der Waals surface area contributed by atoms with Gasteiger partial charge in [-0.05, 0) is 38.8 Å². The number of piperidine rings is 1. The molecule has 8 heteroatoms. The second-order valence-electron chi connectivity index (χ2n) is 5.21. The first-order valence-electron chi connectivity index (χ1n) is 6.69. The molecule has 1 aliphatic heterocycles. The van der Waals surface area contributed by atoms with Gasteiger partial charge in [-0.25, -0.2) is 26.3 Å². The summed E-state index contributed by atoms with van der Waals surface area (Å²) in [6.07, 6.45) is 1.74. The third kappa shape index (κ3) is 3.75. The van der Waals surface area contributed by atoms with E-state index in [0.29, 0.717) is 18.7 Å². The lowest BCUT2D eigenvalue weighted by atomic mass is 9.94. The molecule has 2 rings (SSSR count). The summed E-state index contributed by atoms with van der Waals surface area (Å²) in [5, 5.41) is 3.14. The van der Waals surface area contributed by atoms with Crippen molar-refractivity contribution in [1.29, 1.82) is 0 Å². The number of sulfonamides is 1. The van der Waals surface area contributed by atoms with Crippen LogP contribution < -0.4 is 10.0 Å². The zero-order valence-electron chi connectivity index (χ0n) is 11.5. The lowest BCUT2D eigenvalue weighted by Crippen LogP contribution is -2.44. The number of hydrogen-bond acceptors (Lipinski definition) is 3. The number of benzene rings is 1. The van der Waals surface area contributed by atoms with E-state index in [0.717, 1.165) is 19.4 Å². The standard InChI is InChI=1S/C13H17F3N2O2S/c1-8(9-3-2-4-17-7-9)18-21(19,20)13-11(15)5-10(14)6-12(13)16/h5-6,8-9,17-18H,2-4,7H2,1H3. The van der Waals surface area contributed by atoms with Crippen molar-refractivity contribution in [3.05, 3.63) is 29.6 Å². The van der Waals surface area contributed by atoms with Crippen LogP contribution in [0, 0.1) is 23.4 Å². The highest BCUT2D eigenvalue weighted by molar-refractivity contribution is 7.89. The molecule has 0 bridgehead atoms. The highest BCUT2D eigenvalue weighted by Crippen LogP contribution is 2.22. The summed E-state index contributed by atoms with van der Waals surface area (Å²) in [4.78, 5) is -1.14. The second-order valence-corrected chi connectivity index (χ2v) is 6.87. The van der Waals surface area contributed by atoms with Crippen molar-refractivity contribution in [2.75, 3.05) is 13.1 Å². The fourth-order valence-corrected chi connectivity index (χ4v) is 3.92. The molecule has 0 amide bonds. The quantitative estimate of drug-likeness (QED) is 0.888. The van der Waals surface area contributed by atoms with E-state index in [1.807, 2.05) is 0 Å². The molecule has 0 saturated carbocycles. The largest absolute Gasteiger partial charge is 0.316 e. The maximum Gasteiger partial charge on any atom is 0.246 e. The predicted octanol–water partition coefficient (Wildman–Crippen LogP) is 1.77. The normalized spacial score (nSPS) is 21.2. The second kappa shape index (κ2) is 6.33. The zero-order valence-corrected chi connectivity index (χ0v) is 12.3. The summed E-state index contributed by atoms with van der Waals surface area (Å²) in [5.41, 5.74) is 0. The van der Waals surface area contributed by atoms with Gasteiger partial charge in [0.2, 0.25) is 10.0 Å². The van der Waals surface area contributed by atoms with Gasteiger partial charge in [0.25, 0.3) is 0 Å². The van der Waals surface area contributed by atoms with Gasteiger partial charge in [0.1, 0.15) is 17.5 Å². The Labute approximate surface area is 121 Å². The highest BCUT2D eigenvalue weighted by atomic mass is 32.2. The molecule has 1 aromatic rings. The van der Waals surface area contributed by atoms with Crippen LogP contribution in [0.3, 0.4) is 0 Å². The lowest BCUT2D eigenvalue weighted by molar-refractivity contribution is 0.320. The van der Waals surface area contributed by atoms with Crippen LogP contribution in [0.25, 0.3) is 0 Å². The summed E-state index contributed by atoms with van der Waals surface area (Å²) < 4.78 is 66.5. The van der Waals surface area contributed by atoms with Crippen molar-refractivity contribution in [2.24, 2.45) is 5.92 Å². The molecular formula is C13H17F3N2O2S. The molecule has 4 nitrogen and oxygen atoms in total. The van der Waals surface area contributed by atoms with Crippen LogP contribution in [0.2, 0.25) is 0 Å². The Hall–Kier alpha value is -1.12. The van der Waals surface area contributed by atoms with Crippen molar-refractivity contribution in [3.63, 3.8) is 0 Å². The Morgan fingerprint density at radius 2 is 1.90 bits per heavy atom. The molecule has 0 radical (unpaired) electrons. The van der Waals surface area contributed by atoms with E-state index in [4.69, 9.17) is 0 Å². The molecule has 0 aromatic heterocycles. The minimum atomic E-state index is -4.38. The molecule has 1 aliphatic rings. The van der Waals surface area contributed by atoms with E-state index in [2.05, 4.69) is 10.0 Å². The first-order chi connectivity index (χ1) is 9.81. The van der Waals surface area contributed by atoms with E-state index >= 15 is 0 Å². The molecule has 21 heavy (non-hydrogen) atoms. The molecule has 0 aliphatic carbocycles. The maximum atomic E-state index is 13.6. The molecule has 1 fully saturated rings. The van der Waals surface area contributed by atoms with Gasteiger partial charge in [0.05, 0.1) is 0 Å². The molecule has 1 saturated heterocycles. The van der Waals surface area contributed by atoms with Gasteiger partial charge >= 0.3 is 0 Å². The Balaban J connectivity index is 2.22. The Morgan fingerprint density at radius 1 is 1.29 bits per heavy atom. The van der Waals surface area contributed by atoms with Crippen LogP contribution in [0.1, 0.15) is 19.8 Å². The van der Waals surface area contributed by atoms with Gasteiger partial charge in [0, 0.05) is 18.2 Å². The molecule has 2 atom stereocenters. The van der Waals surface area contributed by atoms with Crippen molar-refractivity contribution in [1.82, 2.24) is 10.0 Å². The molecule has 1 aromatic carbocycles. The Kier molecular flexibility index (Phi) is 4.90. The van der Waals surface area contributed by atoms with E-state index in [-0.39, 0.29) is 5.92 Å². The molecule has 2 N–H and O–H groups in total. The van der Waals surface area contributed by atoms with Gasteiger partial charge in [-0.1, -0.05) is 0 Å². The lowest BCUT2D eigenvalue weighted by Gasteiger charge is -2.28. The smallest absolute Gasteiger partial charge is 0.246 e. The SMILES string of the molecule is CC(NS(=O)(=O)c1c(F)cc(F)cc1F)C1CCCNC1. The monoisotopic (exact) mass is 322 g/mol.